The van der Waals surface area contributed by atoms with Crippen LogP contribution in [0.1, 0.15) is 25.8 Å². The third-order valence-corrected chi connectivity index (χ3v) is 4.71. The molecule has 0 saturated carbocycles. The molecule has 3 nitrogen and oxygen atoms in total. The highest BCUT2D eigenvalue weighted by atomic mass is 32.2. The molecule has 1 aromatic rings. The van der Waals surface area contributed by atoms with Crippen LogP contribution >= 0.6 is 11.8 Å². The lowest BCUT2D eigenvalue weighted by Gasteiger charge is -2.28. The molecular formula is C15H21NO2S. The number of carbonyl (C=O) groups excluding carboxylic acids is 1. The molecule has 1 aliphatic rings. The number of esters is 1. The minimum atomic E-state index is -0.576. The summed E-state index contributed by atoms with van der Waals surface area (Å²) in [7, 11) is 0. The predicted molar refractivity (Wildman–Crippen MR) is 80.7 cm³/mol. The maximum absolute atomic E-state index is 12.3. The molecule has 1 aromatic carbocycles. The van der Waals surface area contributed by atoms with Gasteiger partial charge in [0, 0.05) is 16.7 Å². The van der Waals surface area contributed by atoms with Gasteiger partial charge >= 0.3 is 5.97 Å². The lowest BCUT2D eigenvalue weighted by Crippen LogP contribution is -2.48. The second-order valence-electron chi connectivity index (χ2n) is 5.12. The molecule has 104 valence electrons. The number of hydrogen-bond acceptors (Lipinski definition) is 4. The molecule has 2 atom stereocenters. The van der Waals surface area contributed by atoms with Crippen molar-refractivity contribution in [1.29, 1.82) is 0 Å². The first-order chi connectivity index (χ1) is 9.05. The Balaban J connectivity index is 2.21. The molecule has 1 heterocycles. The van der Waals surface area contributed by atoms with Gasteiger partial charge in [-0.1, -0.05) is 19.1 Å². The smallest absolute Gasteiger partial charge is 0.332 e. The Morgan fingerprint density at radius 3 is 2.95 bits per heavy atom. The SMILES string of the molecule is CCOC(=O)C1(Nc2cccc(C)c2)CSC(C)C1. The molecule has 2 rings (SSSR count). The largest absolute Gasteiger partial charge is 0.464 e. The zero-order valence-electron chi connectivity index (χ0n) is 11.7. The van der Waals surface area contributed by atoms with Gasteiger partial charge in [-0.2, -0.15) is 11.8 Å². The third-order valence-electron chi connectivity index (χ3n) is 3.32. The number of rotatable bonds is 4. The van der Waals surface area contributed by atoms with E-state index in [9.17, 15) is 4.79 Å². The van der Waals surface area contributed by atoms with Crippen molar-refractivity contribution in [3.63, 3.8) is 0 Å². The maximum atomic E-state index is 12.3. The van der Waals surface area contributed by atoms with Crippen molar-refractivity contribution in [3.8, 4) is 0 Å². The molecule has 19 heavy (non-hydrogen) atoms. The van der Waals surface area contributed by atoms with Crippen LogP contribution < -0.4 is 5.32 Å². The average molecular weight is 279 g/mol. The van der Waals surface area contributed by atoms with Gasteiger partial charge in [-0.15, -0.1) is 0 Å². The maximum Gasteiger partial charge on any atom is 0.332 e. The van der Waals surface area contributed by atoms with Crippen LogP contribution in [-0.4, -0.2) is 29.1 Å². The molecule has 0 spiro atoms. The first-order valence-corrected chi connectivity index (χ1v) is 7.74. The van der Waals surface area contributed by atoms with E-state index < -0.39 is 5.54 Å². The topological polar surface area (TPSA) is 38.3 Å². The Hall–Kier alpha value is -1.16. The second-order valence-corrected chi connectivity index (χ2v) is 6.55. The molecule has 1 N–H and O–H groups in total. The summed E-state index contributed by atoms with van der Waals surface area (Å²) in [6.07, 6.45) is 0.810. The van der Waals surface area contributed by atoms with Gasteiger partial charge in [0.25, 0.3) is 0 Å². The van der Waals surface area contributed by atoms with Crippen LogP contribution in [0.15, 0.2) is 24.3 Å². The number of thioether (sulfide) groups is 1. The zero-order valence-corrected chi connectivity index (χ0v) is 12.5. The first-order valence-electron chi connectivity index (χ1n) is 6.69. The summed E-state index contributed by atoms with van der Waals surface area (Å²) in [6, 6.07) is 8.12. The minimum Gasteiger partial charge on any atom is -0.464 e. The Morgan fingerprint density at radius 1 is 1.58 bits per heavy atom. The molecule has 0 bridgehead atoms. The highest BCUT2D eigenvalue weighted by Gasteiger charge is 2.46. The van der Waals surface area contributed by atoms with E-state index in [1.807, 2.05) is 43.8 Å². The number of carbonyl (C=O) groups is 1. The van der Waals surface area contributed by atoms with Crippen LogP contribution in [-0.2, 0) is 9.53 Å². The summed E-state index contributed by atoms with van der Waals surface area (Å²) < 4.78 is 5.27. The van der Waals surface area contributed by atoms with Gasteiger partial charge in [0.1, 0.15) is 5.54 Å². The first kappa shape index (κ1) is 14.3. The number of benzene rings is 1. The fraction of sp³-hybridized carbons (Fsp3) is 0.533. The van der Waals surface area contributed by atoms with Crippen molar-refractivity contribution in [2.24, 2.45) is 0 Å². The van der Waals surface area contributed by atoms with Gasteiger partial charge < -0.3 is 10.1 Å². The Bertz CT molecular complexity index is 463. The van der Waals surface area contributed by atoms with E-state index in [4.69, 9.17) is 4.74 Å². The molecule has 1 fully saturated rings. The summed E-state index contributed by atoms with van der Waals surface area (Å²) >= 11 is 1.82. The van der Waals surface area contributed by atoms with Gasteiger partial charge in [0.15, 0.2) is 0 Å². The Labute approximate surface area is 119 Å². The van der Waals surface area contributed by atoms with Crippen LogP contribution in [0, 0.1) is 6.92 Å². The highest BCUT2D eigenvalue weighted by molar-refractivity contribution is 8.00. The molecule has 0 aliphatic carbocycles. The lowest BCUT2D eigenvalue weighted by atomic mass is 9.95. The molecule has 0 amide bonds. The summed E-state index contributed by atoms with van der Waals surface area (Å²) in [6.45, 7) is 6.48. The van der Waals surface area contributed by atoms with E-state index in [0.29, 0.717) is 11.9 Å². The van der Waals surface area contributed by atoms with E-state index in [2.05, 4.69) is 18.3 Å². The third kappa shape index (κ3) is 3.24. The Kier molecular flexibility index (Phi) is 4.40. The monoisotopic (exact) mass is 279 g/mol. The van der Waals surface area contributed by atoms with Crippen LogP contribution in [0.5, 0.6) is 0 Å². The van der Waals surface area contributed by atoms with Crippen LogP contribution in [0.25, 0.3) is 0 Å². The fourth-order valence-electron chi connectivity index (χ4n) is 2.44. The van der Waals surface area contributed by atoms with E-state index in [0.717, 1.165) is 17.9 Å². The zero-order chi connectivity index (χ0) is 13.9. The molecule has 0 aromatic heterocycles. The second kappa shape index (κ2) is 5.87. The van der Waals surface area contributed by atoms with Gasteiger partial charge in [0.2, 0.25) is 0 Å². The van der Waals surface area contributed by atoms with Crippen molar-refractivity contribution in [2.75, 3.05) is 17.7 Å². The van der Waals surface area contributed by atoms with Crippen LogP contribution in [0.3, 0.4) is 0 Å². The van der Waals surface area contributed by atoms with Gasteiger partial charge in [-0.05, 0) is 38.0 Å². The lowest BCUT2D eigenvalue weighted by molar-refractivity contribution is -0.147. The van der Waals surface area contributed by atoms with Crippen LogP contribution in [0.2, 0.25) is 0 Å². The van der Waals surface area contributed by atoms with Crippen molar-refractivity contribution in [1.82, 2.24) is 0 Å². The van der Waals surface area contributed by atoms with E-state index in [-0.39, 0.29) is 5.97 Å². The summed E-state index contributed by atoms with van der Waals surface area (Å²) in [5, 5.41) is 3.89. The van der Waals surface area contributed by atoms with Crippen molar-refractivity contribution < 1.29 is 9.53 Å². The van der Waals surface area contributed by atoms with E-state index >= 15 is 0 Å². The summed E-state index contributed by atoms with van der Waals surface area (Å²) in [5.74, 6) is 0.634. The van der Waals surface area contributed by atoms with Gasteiger partial charge in [0.05, 0.1) is 6.61 Å². The fourth-order valence-corrected chi connectivity index (χ4v) is 3.72. The number of anilines is 1. The quantitative estimate of drug-likeness (QED) is 0.859. The van der Waals surface area contributed by atoms with E-state index in [1.54, 1.807) is 0 Å². The number of aryl methyl sites for hydroxylation is 1. The normalized spacial score (nSPS) is 26.2. The molecule has 1 saturated heterocycles. The molecule has 2 unspecified atom stereocenters. The van der Waals surface area contributed by atoms with Gasteiger partial charge in [-0.25, -0.2) is 4.79 Å². The van der Waals surface area contributed by atoms with Crippen molar-refractivity contribution >= 4 is 23.4 Å². The molecular weight excluding hydrogens is 258 g/mol. The highest BCUT2D eigenvalue weighted by Crippen LogP contribution is 2.37. The number of hydrogen-bond donors (Lipinski definition) is 1. The molecule has 1 aliphatic heterocycles. The average Bonchev–Trinajstić information content (AvgIpc) is 2.72. The van der Waals surface area contributed by atoms with Gasteiger partial charge in [-0.3, -0.25) is 0 Å². The predicted octanol–water partition coefficient (Wildman–Crippen LogP) is 3.23. The minimum absolute atomic E-state index is 0.131. The van der Waals surface area contributed by atoms with Crippen LogP contribution in [0.4, 0.5) is 5.69 Å². The summed E-state index contributed by atoms with van der Waals surface area (Å²) in [4.78, 5) is 12.3. The van der Waals surface area contributed by atoms with Crippen molar-refractivity contribution in [3.05, 3.63) is 29.8 Å². The standard InChI is InChI=1S/C15H21NO2S/c1-4-18-14(17)15(9-12(3)19-10-15)16-13-7-5-6-11(2)8-13/h5-8,12,16H,4,9-10H2,1-3H3. The number of nitrogens with one attached hydrogen (secondary N) is 1. The molecule has 4 heteroatoms. The van der Waals surface area contributed by atoms with E-state index in [1.165, 1.54) is 5.56 Å². The Morgan fingerprint density at radius 2 is 2.37 bits per heavy atom. The number of ether oxygens (including phenoxy) is 1. The summed E-state index contributed by atoms with van der Waals surface area (Å²) in [5.41, 5.74) is 1.60. The molecule has 0 radical (unpaired) electrons. The van der Waals surface area contributed by atoms with Crippen molar-refractivity contribution in [2.45, 2.75) is 38.0 Å².